The van der Waals surface area contributed by atoms with Gasteiger partial charge in [0.05, 0.1) is 17.5 Å². The molecule has 1 N–H and O–H groups in total. The second kappa shape index (κ2) is 11.0. The molecule has 0 radical (unpaired) electrons. The van der Waals surface area contributed by atoms with Crippen LogP contribution in [0, 0.1) is 0 Å². The summed E-state index contributed by atoms with van der Waals surface area (Å²) >= 11 is 3.38. The van der Waals surface area contributed by atoms with Crippen LogP contribution in [0.4, 0.5) is 5.69 Å². The molecule has 5 heteroatoms. The quantitative estimate of drug-likeness (QED) is 0.282. The molecule has 0 aliphatic carbocycles. The van der Waals surface area contributed by atoms with Gasteiger partial charge in [0.15, 0.2) is 0 Å². The van der Waals surface area contributed by atoms with Crippen molar-refractivity contribution in [3.05, 3.63) is 43.5 Å². The smallest absolute Gasteiger partial charge is 0.240 e. The van der Waals surface area contributed by atoms with E-state index < -0.39 is 4.32 Å². The Hall–Kier alpha value is -1.75. The van der Waals surface area contributed by atoms with Crippen molar-refractivity contribution < 1.29 is 14.3 Å². The highest BCUT2D eigenvalue weighted by Gasteiger charge is 2.26. The molecule has 1 rings (SSSR count). The van der Waals surface area contributed by atoms with Gasteiger partial charge in [-0.2, -0.15) is 0 Å². The average molecular weight is 410 g/mol. The highest BCUT2D eigenvalue weighted by molar-refractivity contribution is 9.10. The predicted octanol–water partition coefficient (Wildman–Crippen LogP) is 5.49. The van der Waals surface area contributed by atoms with E-state index in [1.807, 2.05) is 30.4 Å². The van der Waals surface area contributed by atoms with Crippen LogP contribution in [0.15, 0.2) is 43.5 Å². The van der Waals surface area contributed by atoms with Crippen molar-refractivity contribution >= 4 is 27.5 Å². The fourth-order valence-corrected chi connectivity index (χ4v) is 2.06. The van der Waals surface area contributed by atoms with E-state index in [4.69, 9.17) is 9.47 Å². The molecule has 0 spiro atoms. The first kappa shape index (κ1) is 21.3. The number of alkyl halides is 1. The van der Waals surface area contributed by atoms with E-state index in [9.17, 15) is 4.79 Å². The molecular weight excluding hydrogens is 382 g/mol. The van der Waals surface area contributed by atoms with Crippen LogP contribution in [0.2, 0.25) is 0 Å². The zero-order chi connectivity index (χ0) is 18.7. The summed E-state index contributed by atoms with van der Waals surface area (Å²) in [6.07, 6.45) is 7.22. The molecule has 0 aliphatic rings. The number of hydrogen-bond donors (Lipinski definition) is 1. The molecule has 0 fully saturated rings. The number of nitrogens with one attached hydrogen (secondary N) is 1. The molecule has 138 valence electrons. The lowest BCUT2D eigenvalue weighted by atomic mass is 10.2. The van der Waals surface area contributed by atoms with Gasteiger partial charge in [0, 0.05) is 0 Å². The van der Waals surface area contributed by atoms with Crippen LogP contribution in [0.5, 0.6) is 11.5 Å². The zero-order valence-electron chi connectivity index (χ0n) is 15.1. The van der Waals surface area contributed by atoms with Gasteiger partial charge in [0.25, 0.3) is 0 Å². The van der Waals surface area contributed by atoms with Crippen LogP contribution in [-0.4, -0.2) is 23.4 Å². The maximum Gasteiger partial charge on any atom is 0.240 e. The first-order valence-corrected chi connectivity index (χ1v) is 9.30. The Labute approximate surface area is 159 Å². The fraction of sp³-hybridized carbons (Fsp3) is 0.450. The third-order valence-corrected chi connectivity index (χ3v) is 3.75. The van der Waals surface area contributed by atoms with E-state index in [0.29, 0.717) is 30.4 Å². The Morgan fingerprint density at radius 2 is 1.60 bits per heavy atom. The molecule has 0 aromatic heterocycles. The fourth-order valence-electron chi connectivity index (χ4n) is 1.96. The third-order valence-electron chi connectivity index (χ3n) is 3.39. The lowest BCUT2D eigenvalue weighted by Crippen LogP contribution is -2.31. The standard InChI is InChI=1S/C20H28BrNO3/c1-5-7-9-14-24-16-12-11-13-17(25-15-10-8-6-2)18(16)22-19(23)20(3,4)21/h5-6,11-13H,1-2,7-10,14-15H2,3-4H3,(H,22,23). The second-order valence-corrected chi connectivity index (χ2v) is 8.10. The van der Waals surface area contributed by atoms with Crippen LogP contribution >= 0.6 is 15.9 Å². The Bertz CT molecular complexity index is 545. The number of amides is 1. The number of benzene rings is 1. The summed E-state index contributed by atoms with van der Waals surface area (Å²) in [5.74, 6) is 1.05. The molecular formula is C20H28BrNO3. The van der Waals surface area contributed by atoms with Crippen molar-refractivity contribution in [2.75, 3.05) is 18.5 Å². The summed E-state index contributed by atoms with van der Waals surface area (Å²) in [6, 6.07) is 5.53. The molecule has 0 unspecified atom stereocenters. The van der Waals surface area contributed by atoms with Crippen LogP contribution in [0.3, 0.4) is 0 Å². The van der Waals surface area contributed by atoms with Crippen molar-refractivity contribution in [1.82, 2.24) is 0 Å². The average Bonchev–Trinajstić information content (AvgIpc) is 2.56. The number of anilines is 1. The molecule has 1 aromatic rings. The van der Waals surface area contributed by atoms with Crippen LogP contribution in [-0.2, 0) is 4.79 Å². The molecule has 0 atom stereocenters. The van der Waals surface area contributed by atoms with E-state index in [1.165, 1.54) is 0 Å². The minimum Gasteiger partial charge on any atom is -0.491 e. The summed E-state index contributed by atoms with van der Waals surface area (Å²) in [4.78, 5) is 12.4. The van der Waals surface area contributed by atoms with E-state index >= 15 is 0 Å². The highest BCUT2D eigenvalue weighted by atomic mass is 79.9. The lowest BCUT2D eigenvalue weighted by Gasteiger charge is -2.20. The largest absolute Gasteiger partial charge is 0.491 e. The number of allylic oxidation sites excluding steroid dienone is 2. The van der Waals surface area contributed by atoms with Gasteiger partial charge < -0.3 is 14.8 Å². The van der Waals surface area contributed by atoms with E-state index in [2.05, 4.69) is 34.4 Å². The monoisotopic (exact) mass is 409 g/mol. The number of para-hydroxylation sites is 1. The van der Waals surface area contributed by atoms with Gasteiger partial charge in [0.2, 0.25) is 5.91 Å². The van der Waals surface area contributed by atoms with Crippen molar-refractivity contribution in [2.45, 2.75) is 43.9 Å². The molecule has 0 saturated heterocycles. The first-order chi connectivity index (χ1) is 11.9. The van der Waals surface area contributed by atoms with Crippen LogP contribution in [0.1, 0.15) is 39.5 Å². The molecule has 0 aliphatic heterocycles. The Morgan fingerprint density at radius 3 is 2.00 bits per heavy atom. The minimum absolute atomic E-state index is 0.161. The second-order valence-electron chi connectivity index (χ2n) is 6.11. The number of carbonyl (C=O) groups is 1. The Kier molecular flexibility index (Phi) is 9.35. The van der Waals surface area contributed by atoms with Crippen molar-refractivity contribution in [1.29, 1.82) is 0 Å². The van der Waals surface area contributed by atoms with Gasteiger partial charge in [-0.05, 0) is 51.7 Å². The maximum atomic E-state index is 12.4. The Balaban J connectivity index is 2.94. The van der Waals surface area contributed by atoms with Gasteiger partial charge in [-0.15, -0.1) is 13.2 Å². The maximum absolute atomic E-state index is 12.4. The Morgan fingerprint density at radius 1 is 1.12 bits per heavy atom. The topological polar surface area (TPSA) is 47.6 Å². The summed E-state index contributed by atoms with van der Waals surface area (Å²) in [6.45, 7) is 12.1. The minimum atomic E-state index is -0.691. The first-order valence-electron chi connectivity index (χ1n) is 8.51. The predicted molar refractivity (Wildman–Crippen MR) is 108 cm³/mol. The van der Waals surface area contributed by atoms with Gasteiger partial charge in [0.1, 0.15) is 17.2 Å². The van der Waals surface area contributed by atoms with Gasteiger partial charge in [-0.3, -0.25) is 4.79 Å². The molecule has 0 bridgehead atoms. The number of unbranched alkanes of at least 4 members (excludes halogenated alkanes) is 2. The molecule has 0 saturated carbocycles. The third kappa shape index (κ3) is 7.78. The number of ether oxygens (including phenoxy) is 2. The normalized spacial score (nSPS) is 10.8. The zero-order valence-corrected chi connectivity index (χ0v) is 16.7. The molecule has 0 heterocycles. The van der Waals surface area contributed by atoms with Gasteiger partial charge >= 0.3 is 0 Å². The molecule has 25 heavy (non-hydrogen) atoms. The van der Waals surface area contributed by atoms with E-state index in [-0.39, 0.29) is 5.91 Å². The summed E-state index contributed by atoms with van der Waals surface area (Å²) in [5, 5.41) is 2.92. The number of hydrogen-bond acceptors (Lipinski definition) is 3. The molecule has 4 nitrogen and oxygen atoms in total. The molecule has 1 amide bonds. The van der Waals surface area contributed by atoms with Crippen LogP contribution < -0.4 is 14.8 Å². The van der Waals surface area contributed by atoms with Gasteiger partial charge in [-0.25, -0.2) is 0 Å². The van der Waals surface area contributed by atoms with Crippen molar-refractivity contribution in [3.63, 3.8) is 0 Å². The van der Waals surface area contributed by atoms with E-state index in [0.717, 1.165) is 25.7 Å². The number of carbonyl (C=O) groups excluding carboxylic acids is 1. The lowest BCUT2D eigenvalue weighted by molar-refractivity contribution is -0.117. The van der Waals surface area contributed by atoms with Crippen molar-refractivity contribution in [2.24, 2.45) is 0 Å². The van der Waals surface area contributed by atoms with Crippen molar-refractivity contribution in [3.8, 4) is 11.5 Å². The summed E-state index contributed by atoms with van der Waals surface area (Å²) in [5.41, 5.74) is 0.567. The summed E-state index contributed by atoms with van der Waals surface area (Å²) < 4.78 is 11.0. The number of halogens is 1. The van der Waals surface area contributed by atoms with Gasteiger partial charge in [-0.1, -0.05) is 34.1 Å². The van der Waals surface area contributed by atoms with Crippen LogP contribution in [0.25, 0.3) is 0 Å². The highest BCUT2D eigenvalue weighted by Crippen LogP contribution is 2.36. The molecule has 1 aromatic carbocycles. The SMILES string of the molecule is C=CCCCOc1cccc(OCCCC=C)c1NC(=O)C(C)(C)Br. The number of rotatable bonds is 12. The summed E-state index contributed by atoms with van der Waals surface area (Å²) in [7, 11) is 0. The van der Waals surface area contributed by atoms with E-state index in [1.54, 1.807) is 13.8 Å².